The molecule has 2 aromatic rings. The Balaban J connectivity index is 2.27. The molecule has 4 heteroatoms. The first-order valence-electron chi connectivity index (χ1n) is 5.36. The molecule has 0 radical (unpaired) electrons. The summed E-state index contributed by atoms with van der Waals surface area (Å²) in [5, 5.41) is 9.44. The molecule has 0 bridgehead atoms. The van der Waals surface area contributed by atoms with Crippen molar-refractivity contribution in [3.8, 4) is 11.5 Å². The van der Waals surface area contributed by atoms with Crippen molar-refractivity contribution in [3.63, 3.8) is 0 Å². The maximum Gasteiger partial charge on any atom is 0.144 e. The minimum Gasteiger partial charge on any atom is -0.507 e. The van der Waals surface area contributed by atoms with E-state index in [0.29, 0.717) is 0 Å². The smallest absolute Gasteiger partial charge is 0.144 e. The highest BCUT2D eigenvalue weighted by molar-refractivity contribution is 14.1. The Bertz CT molecular complexity index is 582. The molecular formula is C14H12INO2. The number of aromatic hydroxyl groups is 1. The molecule has 3 nitrogen and oxygen atoms in total. The van der Waals surface area contributed by atoms with Gasteiger partial charge in [-0.05, 0) is 58.5 Å². The lowest BCUT2D eigenvalue weighted by Gasteiger charge is -2.03. The molecule has 0 amide bonds. The predicted molar refractivity (Wildman–Crippen MR) is 81.1 cm³/mol. The molecule has 92 valence electrons. The molecule has 0 aliphatic heterocycles. The minimum atomic E-state index is 0.282. The van der Waals surface area contributed by atoms with Crippen molar-refractivity contribution in [1.82, 2.24) is 0 Å². The van der Waals surface area contributed by atoms with Crippen molar-refractivity contribution in [2.24, 2.45) is 4.99 Å². The van der Waals surface area contributed by atoms with Gasteiger partial charge in [0.05, 0.1) is 10.7 Å². The average Bonchev–Trinajstić information content (AvgIpc) is 2.40. The Morgan fingerprint density at radius 3 is 2.72 bits per heavy atom. The van der Waals surface area contributed by atoms with E-state index in [2.05, 4.69) is 27.6 Å². The van der Waals surface area contributed by atoms with Gasteiger partial charge in [-0.25, -0.2) is 0 Å². The average molecular weight is 353 g/mol. The molecule has 0 saturated carbocycles. The van der Waals surface area contributed by atoms with Crippen LogP contribution in [0.25, 0.3) is 0 Å². The van der Waals surface area contributed by atoms with E-state index in [9.17, 15) is 5.11 Å². The molecule has 18 heavy (non-hydrogen) atoms. The molecule has 0 saturated heterocycles. The van der Waals surface area contributed by atoms with Crippen LogP contribution in [0.4, 0.5) is 5.69 Å². The van der Waals surface area contributed by atoms with E-state index in [-0.39, 0.29) is 5.75 Å². The van der Waals surface area contributed by atoms with Gasteiger partial charge in [-0.15, -0.1) is 0 Å². The summed E-state index contributed by atoms with van der Waals surface area (Å²) in [4.78, 5) is 4.38. The van der Waals surface area contributed by atoms with Crippen LogP contribution in [0.3, 0.4) is 0 Å². The molecule has 2 rings (SSSR count). The number of halogens is 1. The third-order valence-electron chi connectivity index (χ3n) is 2.41. The zero-order chi connectivity index (χ0) is 13.0. The molecule has 2 aromatic carbocycles. The van der Waals surface area contributed by atoms with Crippen molar-refractivity contribution in [1.29, 1.82) is 0 Å². The molecule has 0 aliphatic rings. The summed E-state index contributed by atoms with van der Waals surface area (Å²) in [6.07, 6.45) is 1.75. The highest BCUT2D eigenvalue weighted by atomic mass is 127. The van der Waals surface area contributed by atoms with Gasteiger partial charge >= 0.3 is 0 Å². The van der Waals surface area contributed by atoms with E-state index in [4.69, 9.17) is 4.74 Å². The second-order valence-corrected chi connectivity index (χ2v) is 4.80. The number of hydrogen-bond acceptors (Lipinski definition) is 3. The van der Waals surface area contributed by atoms with Gasteiger partial charge in [0.1, 0.15) is 17.2 Å². The van der Waals surface area contributed by atoms with Crippen LogP contribution in [0.15, 0.2) is 47.5 Å². The van der Waals surface area contributed by atoms with Crippen LogP contribution in [0.5, 0.6) is 11.5 Å². The molecule has 1 N–H and O–H groups in total. The molecule has 0 aliphatic carbocycles. The van der Waals surface area contributed by atoms with E-state index in [1.165, 1.54) is 0 Å². The normalized spacial score (nSPS) is 10.8. The van der Waals surface area contributed by atoms with Crippen LogP contribution >= 0.6 is 22.6 Å². The Labute approximate surface area is 119 Å². The number of aliphatic imine (C=N–C) groups is 1. The fraction of sp³-hybridized carbons (Fsp3) is 0.0714. The fourth-order valence-corrected chi connectivity index (χ4v) is 2.02. The lowest BCUT2D eigenvalue weighted by molar-refractivity contribution is 0.416. The van der Waals surface area contributed by atoms with Gasteiger partial charge in [-0.2, -0.15) is 0 Å². The first-order valence-corrected chi connectivity index (χ1v) is 6.44. The van der Waals surface area contributed by atoms with Gasteiger partial charge < -0.3 is 9.84 Å². The van der Waals surface area contributed by atoms with Crippen LogP contribution in [-0.2, 0) is 0 Å². The summed E-state index contributed by atoms with van der Waals surface area (Å²) < 4.78 is 6.02. The van der Waals surface area contributed by atoms with Crippen molar-refractivity contribution < 1.29 is 9.84 Å². The molecule has 0 fully saturated rings. The summed E-state index contributed by atoms with van der Waals surface area (Å²) in [6, 6.07) is 12.9. The van der Waals surface area contributed by atoms with Gasteiger partial charge in [-0.3, -0.25) is 4.99 Å². The zero-order valence-corrected chi connectivity index (χ0v) is 12.0. The monoisotopic (exact) mass is 353 g/mol. The molecule has 0 spiro atoms. The zero-order valence-electron chi connectivity index (χ0n) is 9.80. The second kappa shape index (κ2) is 5.86. The Kier molecular flexibility index (Phi) is 4.19. The van der Waals surface area contributed by atoms with Crippen molar-refractivity contribution in [3.05, 3.63) is 51.6 Å². The van der Waals surface area contributed by atoms with Crippen molar-refractivity contribution in [2.75, 3.05) is 7.11 Å². The minimum absolute atomic E-state index is 0.282. The van der Waals surface area contributed by atoms with Crippen molar-refractivity contribution >= 4 is 34.5 Å². The van der Waals surface area contributed by atoms with Crippen LogP contribution < -0.4 is 4.74 Å². The van der Waals surface area contributed by atoms with Crippen LogP contribution in [0.1, 0.15) is 5.56 Å². The fourth-order valence-electron chi connectivity index (χ4n) is 1.48. The number of nitrogens with zero attached hydrogens (tertiary/aromatic N) is 1. The SMILES string of the molecule is COc1ccccc1N=Cc1ccc(O)c(I)c1. The first kappa shape index (κ1) is 12.9. The highest BCUT2D eigenvalue weighted by Gasteiger charge is 2.00. The topological polar surface area (TPSA) is 41.8 Å². The Morgan fingerprint density at radius 1 is 1.22 bits per heavy atom. The quantitative estimate of drug-likeness (QED) is 0.675. The first-order chi connectivity index (χ1) is 8.70. The second-order valence-electron chi connectivity index (χ2n) is 3.64. The molecule has 0 heterocycles. The van der Waals surface area contributed by atoms with Gasteiger partial charge in [0, 0.05) is 6.21 Å². The van der Waals surface area contributed by atoms with E-state index in [1.54, 1.807) is 19.4 Å². The predicted octanol–water partition coefficient (Wildman–Crippen LogP) is 3.76. The number of phenols is 1. The van der Waals surface area contributed by atoms with Gasteiger partial charge in [0.15, 0.2) is 0 Å². The maximum absolute atomic E-state index is 9.44. The third-order valence-corrected chi connectivity index (χ3v) is 3.27. The van der Waals surface area contributed by atoms with Crippen LogP contribution in [0, 0.1) is 3.57 Å². The maximum atomic E-state index is 9.44. The van der Waals surface area contributed by atoms with Crippen LogP contribution in [0.2, 0.25) is 0 Å². The lowest BCUT2D eigenvalue weighted by Crippen LogP contribution is -1.85. The third kappa shape index (κ3) is 3.01. The summed E-state index contributed by atoms with van der Waals surface area (Å²) >= 11 is 2.08. The number of para-hydroxylation sites is 2. The van der Waals surface area contributed by atoms with Gasteiger partial charge in [0.2, 0.25) is 0 Å². The number of benzene rings is 2. The molecule has 0 atom stereocenters. The Hall–Kier alpha value is -1.56. The Morgan fingerprint density at radius 2 is 2.00 bits per heavy atom. The molecular weight excluding hydrogens is 341 g/mol. The number of methoxy groups -OCH3 is 1. The number of hydrogen-bond donors (Lipinski definition) is 1. The summed E-state index contributed by atoms with van der Waals surface area (Å²) in [5.74, 6) is 1.02. The van der Waals surface area contributed by atoms with Gasteiger partial charge in [-0.1, -0.05) is 12.1 Å². The van der Waals surface area contributed by atoms with Gasteiger partial charge in [0.25, 0.3) is 0 Å². The van der Waals surface area contributed by atoms with E-state index in [0.717, 1.165) is 20.6 Å². The number of rotatable bonds is 3. The number of phenolic OH excluding ortho intramolecular Hbond substituents is 1. The number of ether oxygens (including phenoxy) is 1. The molecule has 0 aromatic heterocycles. The summed E-state index contributed by atoms with van der Waals surface area (Å²) in [6.45, 7) is 0. The summed E-state index contributed by atoms with van der Waals surface area (Å²) in [5.41, 5.74) is 1.71. The lowest BCUT2D eigenvalue weighted by atomic mass is 10.2. The standard InChI is InChI=1S/C14H12INO2/c1-18-14-5-3-2-4-12(14)16-9-10-6-7-13(17)11(15)8-10/h2-9,17H,1H3. The summed E-state index contributed by atoms with van der Waals surface area (Å²) in [7, 11) is 1.62. The van der Waals surface area contributed by atoms with E-state index < -0.39 is 0 Å². The van der Waals surface area contributed by atoms with E-state index >= 15 is 0 Å². The molecule has 0 unspecified atom stereocenters. The van der Waals surface area contributed by atoms with Crippen LogP contribution in [-0.4, -0.2) is 18.4 Å². The largest absolute Gasteiger partial charge is 0.507 e. The van der Waals surface area contributed by atoms with E-state index in [1.807, 2.05) is 36.4 Å². The van der Waals surface area contributed by atoms with Crippen molar-refractivity contribution in [2.45, 2.75) is 0 Å². The highest BCUT2D eigenvalue weighted by Crippen LogP contribution is 2.26.